The molecule has 4 rings (SSSR count). The summed E-state index contributed by atoms with van der Waals surface area (Å²) in [4.78, 5) is 33.0. The number of nitrogens with zero attached hydrogens (tertiary/aromatic N) is 2. The number of phenols is 1. The minimum Gasteiger partial charge on any atom is -0.507 e. The van der Waals surface area contributed by atoms with E-state index in [4.69, 9.17) is 9.47 Å². The number of amides is 1. The molecule has 33 heavy (non-hydrogen) atoms. The van der Waals surface area contributed by atoms with E-state index in [1.165, 1.54) is 42.6 Å². The molecule has 8 nitrogen and oxygen atoms in total. The number of aromatic nitrogens is 1. The smallest absolute Gasteiger partial charge is 0.301 e. The lowest BCUT2D eigenvalue weighted by molar-refractivity contribution is -0.132. The first kappa shape index (κ1) is 22.3. The second-order valence-corrected chi connectivity index (χ2v) is 8.65. The molecule has 1 atom stereocenters. The molecular formula is C24H22N2O6S. The number of aryl methyl sites for hydroxylation is 2. The Morgan fingerprint density at radius 3 is 2.33 bits per heavy atom. The highest BCUT2D eigenvalue weighted by atomic mass is 32.1. The molecule has 1 aliphatic heterocycles. The van der Waals surface area contributed by atoms with Crippen molar-refractivity contribution in [1.82, 2.24) is 4.98 Å². The molecule has 1 fully saturated rings. The number of carbonyl (C=O) groups excluding carboxylic acids is 2. The average molecular weight is 467 g/mol. The molecule has 1 aliphatic rings. The minimum atomic E-state index is -0.966. The second kappa shape index (κ2) is 8.59. The van der Waals surface area contributed by atoms with Gasteiger partial charge >= 0.3 is 5.91 Å². The van der Waals surface area contributed by atoms with Crippen molar-refractivity contribution in [2.75, 3.05) is 19.1 Å². The topological polar surface area (TPSA) is 109 Å². The molecule has 0 radical (unpaired) electrons. The zero-order valence-corrected chi connectivity index (χ0v) is 19.3. The molecule has 0 spiro atoms. The summed E-state index contributed by atoms with van der Waals surface area (Å²) >= 11 is 1.28. The number of aliphatic hydroxyl groups is 1. The Labute approximate surface area is 194 Å². The van der Waals surface area contributed by atoms with Crippen LogP contribution in [0, 0.1) is 13.8 Å². The second-order valence-electron chi connectivity index (χ2n) is 7.47. The first-order chi connectivity index (χ1) is 15.8. The van der Waals surface area contributed by atoms with Crippen molar-refractivity contribution in [3.8, 4) is 17.2 Å². The Hall–Kier alpha value is -3.85. The molecule has 170 valence electrons. The number of carbonyl (C=O) groups is 2. The standard InChI is InChI=1S/C24H22N2O6S/c1-12-13(2)33-24(25-12)26-20(15-7-10-17(27)18(11-15)32-4)19(22(29)23(26)30)21(28)14-5-8-16(31-3)9-6-14/h5-11,20,27-28H,1-4H3/b21-19+/t20-/m1/s1. The Morgan fingerprint density at radius 2 is 1.76 bits per heavy atom. The number of Topliss-reactive ketones (excluding diaryl/α,β-unsaturated/α-hetero) is 1. The number of methoxy groups -OCH3 is 2. The monoisotopic (exact) mass is 466 g/mol. The molecule has 1 saturated heterocycles. The van der Waals surface area contributed by atoms with Crippen molar-refractivity contribution >= 4 is 33.9 Å². The highest BCUT2D eigenvalue weighted by Gasteiger charge is 2.48. The van der Waals surface area contributed by atoms with Crippen LogP contribution in [0.25, 0.3) is 5.76 Å². The molecule has 9 heteroatoms. The van der Waals surface area contributed by atoms with Gasteiger partial charge in [-0.25, -0.2) is 4.98 Å². The summed E-state index contributed by atoms with van der Waals surface area (Å²) in [5.74, 6) is -1.27. The van der Waals surface area contributed by atoms with Crippen molar-refractivity contribution in [2.24, 2.45) is 0 Å². The molecule has 3 aromatic rings. The fraction of sp³-hybridized carbons (Fsp3) is 0.208. The first-order valence-corrected chi connectivity index (χ1v) is 10.8. The Bertz CT molecular complexity index is 1260. The number of hydrogen-bond donors (Lipinski definition) is 2. The van der Waals surface area contributed by atoms with Crippen molar-refractivity contribution in [2.45, 2.75) is 19.9 Å². The van der Waals surface area contributed by atoms with Gasteiger partial charge in [0.15, 0.2) is 16.6 Å². The molecule has 2 aromatic carbocycles. The number of rotatable bonds is 5. The lowest BCUT2D eigenvalue weighted by atomic mass is 9.95. The molecule has 0 saturated carbocycles. The summed E-state index contributed by atoms with van der Waals surface area (Å²) in [7, 11) is 2.93. The number of phenolic OH excluding ortho intramolecular Hbond substituents is 1. The quantitative estimate of drug-likeness (QED) is 0.331. The Balaban J connectivity index is 1.95. The van der Waals surface area contributed by atoms with Gasteiger partial charge in [0, 0.05) is 10.4 Å². The molecule has 0 bridgehead atoms. The van der Waals surface area contributed by atoms with E-state index < -0.39 is 17.7 Å². The molecule has 0 unspecified atom stereocenters. The SMILES string of the molecule is COc1ccc(/C(O)=C2\C(=O)C(=O)N(c3nc(C)c(C)s3)[C@@H]2c2ccc(O)c(OC)c2)cc1. The first-order valence-electron chi connectivity index (χ1n) is 10.0. The van der Waals surface area contributed by atoms with Crippen molar-refractivity contribution in [3.63, 3.8) is 0 Å². The number of anilines is 1. The average Bonchev–Trinajstić information content (AvgIpc) is 3.28. The summed E-state index contributed by atoms with van der Waals surface area (Å²) < 4.78 is 10.4. The summed E-state index contributed by atoms with van der Waals surface area (Å²) in [6.45, 7) is 3.70. The maximum atomic E-state index is 13.2. The van der Waals surface area contributed by atoms with Gasteiger partial charge in [-0.05, 0) is 55.8 Å². The van der Waals surface area contributed by atoms with E-state index in [1.807, 2.05) is 13.8 Å². The molecule has 2 N–H and O–H groups in total. The third-order valence-electron chi connectivity index (χ3n) is 5.55. The van der Waals surface area contributed by atoms with Crippen LogP contribution in [-0.2, 0) is 9.59 Å². The number of aromatic hydroxyl groups is 1. The lowest BCUT2D eigenvalue weighted by Crippen LogP contribution is -2.29. The van der Waals surface area contributed by atoms with E-state index in [0.717, 1.165) is 10.6 Å². The number of ketones is 1. The zero-order chi connectivity index (χ0) is 23.9. The van der Waals surface area contributed by atoms with Crippen LogP contribution in [0.5, 0.6) is 17.2 Å². The van der Waals surface area contributed by atoms with Gasteiger partial charge in [0.25, 0.3) is 5.78 Å². The van der Waals surface area contributed by atoms with Crippen LogP contribution >= 0.6 is 11.3 Å². The highest BCUT2D eigenvalue weighted by molar-refractivity contribution is 7.16. The van der Waals surface area contributed by atoms with Crippen molar-refractivity contribution in [1.29, 1.82) is 0 Å². The molecular weight excluding hydrogens is 444 g/mol. The molecule has 1 amide bonds. The van der Waals surface area contributed by atoms with Crippen LogP contribution in [0.2, 0.25) is 0 Å². The van der Waals surface area contributed by atoms with E-state index in [0.29, 0.717) is 22.0 Å². The predicted molar refractivity (Wildman–Crippen MR) is 124 cm³/mol. The Kier molecular flexibility index (Phi) is 5.82. The van der Waals surface area contributed by atoms with Gasteiger partial charge in [0.1, 0.15) is 11.5 Å². The number of hydrogen-bond acceptors (Lipinski definition) is 8. The van der Waals surface area contributed by atoms with Crippen molar-refractivity contribution < 1.29 is 29.3 Å². The van der Waals surface area contributed by atoms with E-state index in [1.54, 1.807) is 30.3 Å². The van der Waals surface area contributed by atoms with E-state index >= 15 is 0 Å². The largest absolute Gasteiger partial charge is 0.507 e. The van der Waals surface area contributed by atoms with Crippen LogP contribution in [0.15, 0.2) is 48.0 Å². The number of ether oxygens (including phenoxy) is 2. The fourth-order valence-electron chi connectivity index (χ4n) is 3.67. The van der Waals surface area contributed by atoms with Crippen LogP contribution in [0.3, 0.4) is 0 Å². The molecule has 2 heterocycles. The fourth-order valence-corrected chi connectivity index (χ4v) is 4.61. The van der Waals surface area contributed by atoms with E-state index in [2.05, 4.69) is 4.98 Å². The van der Waals surface area contributed by atoms with Gasteiger partial charge < -0.3 is 19.7 Å². The minimum absolute atomic E-state index is 0.0802. The van der Waals surface area contributed by atoms with E-state index in [9.17, 15) is 19.8 Å². The Morgan fingerprint density at radius 1 is 1.06 bits per heavy atom. The highest BCUT2D eigenvalue weighted by Crippen LogP contribution is 2.45. The van der Waals surface area contributed by atoms with Gasteiger partial charge in [-0.1, -0.05) is 6.07 Å². The number of benzene rings is 2. The van der Waals surface area contributed by atoms with Gasteiger partial charge in [0.2, 0.25) is 0 Å². The van der Waals surface area contributed by atoms with Crippen LogP contribution in [0.4, 0.5) is 5.13 Å². The van der Waals surface area contributed by atoms with Gasteiger partial charge in [-0.3, -0.25) is 14.5 Å². The molecule has 1 aromatic heterocycles. The third kappa shape index (κ3) is 3.80. The summed E-state index contributed by atoms with van der Waals surface area (Å²) in [5, 5.41) is 21.5. The number of aliphatic hydroxyl groups excluding tert-OH is 1. The van der Waals surface area contributed by atoms with Crippen LogP contribution in [-0.4, -0.2) is 41.1 Å². The summed E-state index contributed by atoms with van der Waals surface area (Å²) in [6, 6.07) is 10.1. The number of thiazole rings is 1. The van der Waals surface area contributed by atoms with Gasteiger partial charge in [0.05, 0.1) is 31.5 Å². The lowest BCUT2D eigenvalue weighted by Gasteiger charge is -2.23. The maximum absolute atomic E-state index is 13.2. The zero-order valence-electron chi connectivity index (χ0n) is 18.4. The van der Waals surface area contributed by atoms with Crippen molar-refractivity contribution in [3.05, 3.63) is 69.7 Å². The maximum Gasteiger partial charge on any atom is 0.301 e. The van der Waals surface area contributed by atoms with Crippen LogP contribution in [0.1, 0.15) is 27.7 Å². The van der Waals surface area contributed by atoms with E-state index in [-0.39, 0.29) is 22.8 Å². The normalized spacial score (nSPS) is 17.5. The van der Waals surface area contributed by atoms with Gasteiger partial charge in [-0.2, -0.15) is 0 Å². The summed E-state index contributed by atoms with van der Waals surface area (Å²) in [6.07, 6.45) is 0. The predicted octanol–water partition coefficient (Wildman–Crippen LogP) is 4.11. The van der Waals surface area contributed by atoms with Crippen LogP contribution < -0.4 is 14.4 Å². The van der Waals surface area contributed by atoms with Gasteiger partial charge in [-0.15, -0.1) is 11.3 Å². The summed E-state index contributed by atoms with van der Waals surface area (Å²) in [5.41, 5.74) is 1.50. The molecule has 0 aliphatic carbocycles. The third-order valence-corrected chi connectivity index (χ3v) is 6.62.